The lowest BCUT2D eigenvalue weighted by Gasteiger charge is -2.42. The topological polar surface area (TPSA) is 270 Å². The Labute approximate surface area is 588 Å². The van der Waals surface area contributed by atoms with Crippen LogP contribution in [0.15, 0.2) is 0 Å². The summed E-state index contributed by atoms with van der Waals surface area (Å²) in [7, 11) is 10.0. The molecule has 0 aromatic heterocycles. The summed E-state index contributed by atoms with van der Waals surface area (Å²) >= 11 is 6.39. The molecule has 28 heteroatoms. The highest BCUT2D eigenvalue weighted by Crippen LogP contribution is 2.44. The van der Waals surface area contributed by atoms with E-state index in [1.54, 1.807) is 25.7 Å². The van der Waals surface area contributed by atoms with Crippen molar-refractivity contribution in [3.05, 3.63) is 0 Å². The molecule has 558 valence electrons. The Morgan fingerprint density at radius 1 is 0.586 bits per heavy atom. The monoisotopic (exact) mass is 1420 g/mol. The maximum absolute atomic E-state index is 15.5. The molecule has 1 spiro atoms. The predicted octanol–water partition coefficient (Wildman–Crippen LogP) is 5.70. The van der Waals surface area contributed by atoms with Gasteiger partial charge >= 0.3 is 6.18 Å². The number of likely N-dealkylation sites (N-methyl/N-ethyl adjacent to an activating group) is 7. The van der Waals surface area contributed by atoms with Gasteiger partial charge in [0.25, 0.3) is 0 Å². The highest BCUT2D eigenvalue weighted by Gasteiger charge is 2.52. The normalized spacial score (nSPS) is 30.2. The molecule has 4 saturated carbocycles. The number of rotatable bonds is 10. The summed E-state index contributed by atoms with van der Waals surface area (Å²) in [4.78, 5) is 190. The number of fused-ring (bicyclic) bond motifs is 1. The summed E-state index contributed by atoms with van der Waals surface area (Å²) in [6.45, 7) is 6.35. The van der Waals surface area contributed by atoms with Gasteiger partial charge in [0.1, 0.15) is 47.8 Å². The van der Waals surface area contributed by atoms with Gasteiger partial charge in [-0.2, -0.15) is 13.2 Å². The van der Waals surface area contributed by atoms with Crippen LogP contribution in [0.2, 0.25) is 0 Å². The fraction of sp³-hybridized carbons (Fsp3) is 0.831. The van der Waals surface area contributed by atoms with Crippen LogP contribution in [0.3, 0.4) is 0 Å². The first-order valence-corrected chi connectivity index (χ1v) is 37.2. The van der Waals surface area contributed by atoms with Crippen LogP contribution in [-0.4, -0.2) is 263 Å². The van der Waals surface area contributed by atoms with Gasteiger partial charge in [0.05, 0.1) is 32.0 Å². The van der Waals surface area contributed by atoms with E-state index < -0.39 is 174 Å². The quantitative estimate of drug-likeness (QED) is 0.222. The fourth-order valence-electron chi connectivity index (χ4n) is 16.7. The molecule has 11 atom stereocenters. The first-order chi connectivity index (χ1) is 46.7. The Morgan fingerprint density at radius 3 is 1.80 bits per heavy atom. The number of nitrogens with zero attached hydrogens (tertiary/aromatic N) is 9. The molecule has 24 nitrogen and oxygen atoms in total. The average molecular weight is 1420 g/mol. The van der Waals surface area contributed by atoms with Crippen LogP contribution in [0.1, 0.15) is 195 Å². The number of alkyl halides is 4. The molecule has 0 aromatic carbocycles. The maximum Gasteiger partial charge on any atom is 0.393 e. The third-order valence-electron chi connectivity index (χ3n) is 23.1. The number of hydrogen-bond donors (Lipinski definition) is 3. The summed E-state index contributed by atoms with van der Waals surface area (Å²) in [6, 6.07) is -8.52. The standard InChI is InChI=1S/C71H114ClF3N12O12/c1-12-45(4)59-67(97)81(7)42-57(90)79(5)43-58(91)82(8)53(39-46-24-15-13-16-25-46)65(95)80(6)41-55(88)76-51(32-30-47-29-31-49(50(72)38-47)71(73,74)75)64(94)87-37-23-28-52(87)62(92)78-70(33-19-20-34-70)69(99)85(11)60(44(2)3)68(98)83(9)54(66(96)86-35-21-14-22-36-86)40-56(89)84(10)61(63(93)77-59)48-26-17-18-27-48/h44-54,59-61H,12-43H2,1-11H3,(H,76,88)(H,77,93)(H,78,92)/t45-,47?,49?,50?,51-,52-,53-,54-,59-,60-,61-/m0/s1. The van der Waals surface area contributed by atoms with Gasteiger partial charge in [-0.25, -0.2) is 0 Å². The number of nitrogens with one attached hydrogen (secondary N) is 3. The lowest BCUT2D eigenvalue weighted by atomic mass is 9.78. The molecule has 3 aliphatic heterocycles. The minimum atomic E-state index is -4.51. The van der Waals surface area contributed by atoms with E-state index >= 15 is 28.8 Å². The van der Waals surface area contributed by atoms with Crippen LogP contribution >= 0.6 is 11.6 Å². The number of amides is 12. The number of carbonyl (C=O) groups is 12. The van der Waals surface area contributed by atoms with Crippen LogP contribution in [0.4, 0.5) is 13.2 Å². The third-order valence-corrected chi connectivity index (χ3v) is 23.5. The van der Waals surface area contributed by atoms with E-state index in [-0.39, 0.29) is 82.1 Å². The van der Waals surface area contributed by atoms with Crippen molar-refractivity contribution in [3.8, 4) is 0 Å². The molecule has 7 fully saturated rings. The Morgan fingerprint density at radius 2 is 1.19 bits per heavy atom. The van der Waals surface area contributed by atoms with Crippen molar-refractivity contribution in [2.45, 2.75) is 254 Å². The summed E-state index contributed by atoms with van der Waals surface area (Å²) < 4.78 is 42.0. The average Bonchev–Trinajstić information content (AvgIpc) is 1.77. The molecule has 12 amide bonds. The zero-order valence-electron chi connectivity index (χ0n) is 60.6. The number of hydrogen-bond acceptors (Lipinski definition) is 12. The van der Waals surface area contributed by atoms with Crippen LogP contribution < -0.4 is 16.0 Å². The van der Waals surface area contributed by atoms with E-state index in [9.17, 15) is 41.9 Å². The lowest BCUT2D eigenvalue weighted by Crippen LogP contribution is -2.65. The van der Waals surface area contributed by atoms with Crippen LogP contribution in [0.25, 0.3) is 0 Å². The predicted molar refractivity (Wildman–Crippen MR) is 365 cm³/mol. The summed E-state index contributed by atoms with van der Waals surface area (Å²) in [5, 5.41) is 7.63. The molecule has 99 heavy (non-hydrogen) atoms. The van der Waals surface area contributed by atoms with Crippen LogP contribution in [0.5, 0.6) is 0 Å². The van der Waals surface area contributed by atoms with Gasteiger partial charge in [0, 0.05) is 74.3 Å². The third kappa shape index (κ3) is 19.9. The zero-order chi connectivity index (χ0) is 73.0. The van der Waals surface area contributed by atoms with Crippen molar-refractivity contribution in [1.29, 1.82) is 0 Å². The number of piperidine rings is 1. The molecule has 0 bridgehead atoms. The highest BCUT2D eigenvalue weighted by molar-refractivity contribution is 6.21. The summed E-state index contributed by atoms with van der Waals surface area (Å²) in [5.41, 5.74) is -1.56. The first kappa shape index (κ1) is 80.0. The lowest BCUT2D eigenvalue weighted by molar-refractivity contribution is -0.182. The van der Waals surface area contributed by atoms with Crippen molar-refractivity contribution in [3.63, 3.8) is 0 Å². The van der Waals surface area contributed by atoms with Crippen molar-refractivity contribution in [1.82, 2.24) is 60.0 Å². The largest absolute Gasteiger partial charge is 0.393 e. The van der Waals surface area contributed by atoms with Crippen LogP contribution in [-0.2, 0) is 57.5 Å². The molecule has 3 saturated heterocycles. The second-order valence-corrected chi connectivity index (χ2v) is 31.0. The number of halogens is 4. The van der Waals surface area contributed by atoms with E-state index in [2.05, 4.69) is 16.0 Å². The number of carbonyl (C=O) groups excluding carboxylic acids is 12. The molecule has 7 aliphatic rings. The Bertz CT molecular complexity index is 2880. The fourth-order valence-corrected chi connectivity index (χ4v) is 17.2. The number of likely N-dealkylation sites (tertiary alicyclic amines) is 1. The van der Waals surface area contributed by atoms with Gasteiger partial charge in [0.15, 0.2) is 0 Å². The van der Waals surface area contributed by atoms with E-state index in [0.29, 0.717) is 64.5 Å². The second-order valence-electron chi connectivity index (χ2n) is 30.4. The molecular formula is C71H114ClF3N12O12. The second kappa shape index (κ2) is 35.5. The Hall–Kier alpha value is -6.28. The molecule has 0 aromatic rings. The van der Waals surface area contributed by atoms with E-state index in [0.717, 1.165) is 61.2 Å². The summed E-state index contributed by atoms with van der Waals surface area (Å²) in [5.74, 6) is -10.9. The minimum absolute atomic E-state index is 0.000973. The molecule has 3 unspecified atom stereocenters. The van der Waals surface area contributed by atoms with Gasteiger partial charge in [-0.1, -0.05) is 91.9 Å². The molecule has 4 aliphatic carbocycles. The minimum Gasteiger partial charge on any atom is -0.343 e. The smallest absolute Gasteiger partial charge is 0.343 e. The Balaban J connectivity index is 1.26. The molecule has 7 rings (SSSR count). The van der Waals surface area contributed by atoms with Gasteiger partial charge in [-0.3, -0.25) is 57.5 Å². The van der Waals surface area contributed by atoms with Crippen LogP contribution in [0, 0.1) is 35.5 Å². The van der Waals surface area contributed by atoms with E-state index in [1.807, 2.05) is 6.92 Å². The molecular weight excluding hydrogens is 1310 g/mol. The zero-order valence-corrected chi connectivity index (χ0v) is 61.4. The van der Waals surface area contributed by atoms with E-state index in [1.165, 1.54) is 78.7 Å². The molecule has 0 radical (unpaired) electrons. The van der Waals surface area contributed by atoms with Gasteiger partial charge in [-0.05, 0) is 126 Å². The van der Waals surface area contributed by atoms with Gasteiger partial charge in [0.2, 0.25) is 70.9 Å². The maximum atomic E-state index is 15.5. The van der Waals surface area contributed by atoms with Crippen molar-refractivity contribution in [2.75, 3.05) is 88.6 Å². The van der Waals surface area contributed by atoms with Gasteiger partial charge in [-0.15, -0.1) is 11.6 Å². The molecule has 3 heterocycles. The van der Waals surface area contributed by atoms with Gasteiger partial charge < -0.3 is 60.0 Å². The van der Waals surface area contributed by atoms with Crippen molar-refractivity contribution < 1.29 is 70.7 Å². The highest BCUT2D eigenvalue weighted by atomic mass is 35.5. The van der Waals surface area contributed by atoms with Crippen molar-refractivity contribution in [2.24, 2.45) is 35.5 Å². The van der Waals surface area contributed by atoms with Crippen molar-refractivity contribution >= 4 is 82.5 Å². The molecule has 3 N–H and O–H groups in total. The van der Waals surface area contributed by atoms with E-state index in [4.69, 9.17) is 11.6 Å². The Kier molecular flexibility index (Phi) is 28.7. The summed E-state index contributed by atoms with van der Waals surface area (Å²) in [6.07, 6.45) is 6.96. The first-order valence-electron chi connectivity index (χ1n) is 36.7. The SMILES string of the molecule is CC[C@H](C)[C@@H]1NC(=O)[C@H](C2CCCC2)N(C)C(=O)C[C@@H](C(=O)N2CCCCC2)N(C)C(=O)[C@H](C(C)C)N(C)C(=O)C2(CCCC2)NC(=O)[C@@H]2CCCN2C(=O)[C@H](CCC2CCC(C(F)(F)F)C(Cl)C2)NC(=O)CN(C)C(=O)[C@H](CC2CCCCC2)N(C)C(=O)CN(C)C(=O)CN(C)C1=O.